The molecule has 29 heavy (non-hydrogen) atoms. The topological polar surface area (TPSA) is 209 Å². The molecule has 0 spiro atoms. The van der Waals surface area contributed by atoms with Gasteiger partial charge in [0.05, 0.1) is 38.4 Å². The Labute approximate surface area is 221 Å². The Kier molecular flexibility index (Phi) is 102. The van der Waals surface area contributed by atoms with E-state index in [4.69, 9.17) is 40.5 Å². The molecular weight excluding hydrogens is 410 g/mol. The average Bonchev–Trinajstić information content (AvgIpc) is 2.63. The van der Waals surface area contributed by atoms with E-state index in [0.717, 1.165) is 7.11 Å². The molecule has 12 heteroatoms. The molecule has 0 rings (SSSR count). The molecule has 0 saturated carbocycles. The van der Waals surface area contributed by atoms with Gasteiger partial charge in [-0.1, -0.05) is 36.1 Å². The van der Waals surface area contributed by atoms with Crippen molar-refractivity contribution in [2.24, 2.45) is 10.8 Å². The number of carbonyl (C=O) groups is 2. The summed E-state index contributed by atoms with van der Waals surface area (Å²) in [5.41, 5.74) is -1.57. The zero-order valence-corrected chi connectivity index (χ0v) is 20.5. The van der Waals surface area contributed by atoms with Crippen molar-refractivity contribution in [3.63, 3.8) is 0 Å². The summed E-state index contributed by atoms with van der Waals surface area (Å²) in [6, 6.07) is 0. The fourth-order valence-electron chi connectivity index (χ4n) is 0.917. The number of aliphatic hydroxyl groups is 6. The number of rotatable bonds is 8. The molecule has 0 fully saturated rings. The van der Waals surface area contributed by atoms with Gasteiger partial charge in [-0.2, -0.15) is 0 Å². The van der Waals surface area contributed by atoms with Crippen LogP contribution in [0.4, 0.5) is 0 Å². The molecule has 0 saturated heterocycles. The maximum Gasteiger partial charge on any atom is 1.00 e. The molecule has 0 aromatic rings. The van der Waals surface area contributed by atoms with Gasteiger partial charge in [-0.15, -0.1) is 0 Å². The summed E-state index contributed by atoms with van der Waals surface area (Å²) in [4.78, 5) is 18.5. The van der Waals surface area contributed by atoms with Crippen LogP contribution in [0.1, 0.15) is 49.0 Å². The molecule has 0 aromatic heterocycles. The largest absolute Gasteiger partial charge is 1.00 e. The van der Waals surface area contributed by atoms with Crippen LogP contribution in [0.25, 0.3) is 0 Å². The monoisotopic (exact) mass is 454 g/mol. The van der Waals surface area contributed by atoms with Gasteiger partial charge in [-0.3, -0.25) is 0 Å². The summed E-state index contributed by atoms with van der Waals surface area (Å²) < 4.78 is 0. The summed E-state index contributed by atoms with van der Waals surface area (Å²) in [6.07, 6.45) is 1.67. The summed E-state index contributed by atoms with van der Waals surface area (Å²) in [5.74, 6) is 0. The maximum absolute atomic E-state index is 10.2. The summed E-state index contributed by atoms with van der Waals surface area (Å²) in [5, 5.41) is 58.4. The van der Waals surface area contributed by atoms with E-state index in [1.807, 2.05) is 6.92 Å². The van der Waals surface area contributed by atoms with E-state index in [-0.39, 0.29) is 120 Å². The molecule has 0 unspecified atom stereocenters. The number of aliphatic hydroxyl groups excluding tert-OH is 6. The third-order valence-electron chi connectivity index (χ3n) is 3.34. The zero-order valence-electron chi connectivity index (χ0n) is 16.5. The van der Waals surface area contributed by atoms with Crippen molar-refractivity contribution in [2.75, 3.05) is 40.1 Å². The van der Waals surface area contributed by atoms with Crippen LogP contribution in [0.15, 0.2) is 0 Å². The molecule has 10 nitrogen and oxygen atoms in total. The molecule has 0 aromatic carbocycles. The molecule has 0 atom stereocenters. The molecule has 0 aliphatic carbocycles. The number of aldehydes is 1. The van der Waals surface area contributed by atoms with E-state index in [1.54, 1.807) is 6.92 Å². The summed E-state index contributed by atoms with van der Waals surface area (Å²) in [7, 11) is 1.00. The standard InChI is InChI=1S/C6H14O3.C6H12O3.CH2O2.CH4O.3CH4.2Na.H2O/c2*1-2-6(3-7,4-8)5-9;2-1-3;1-2;;;;;;/h7-9H,2-5H2,1H3;3,8-9H,2,4-5H2,1H3;1H,(H,2,3);2H,1H3;3*1H4;;;1H2/q;;;;;;;2*+1;/p-2. The fraction of sp³-hybridized carbons (Fsp3) is 0.882. The predicted molar refractivity (Wildman–Crippen MR) is 103 cm³/mol. The molecule has 0 bridgehead atoms. The Hall–Kier alpha value is 0.860. The molecule has 174 valence electrons. The van der Waals surface area contributed by atoms with Crippen molar-refractivity contribution < 1.29 is 110 Å². The maximum atomic E-state index is 10.2. The van der Waals surface area contributed by atoms with E-state index in [1.165, 1.54) is 0 Å². The first-order valence-electron chi connectivity index (χ1n) is 6.91. The van der Waals surface area contributed by atoms with Crippen LogP contribution in [0.5, 0.6) is 0 Å². The van der Waals surface area contributed by atoms with Crippen LogP contribution < -0.4 is 64.2 Å². The Bertz CT molecular complexity index is 227. The van der Waals surface area contributed by atoms with Gasteiger partial charge in [0.25, 0.3) is 0 Å². The van der Waals surface area contributed by atoms with E-state index in [0.29, 0.717) is 19.1 Å². The Balaban J connectivity index is -0.0000000217. The minimum Gasteiger partial charge on any atom is -0.870 e. The van der Waals surface area contributed by atoms with Gasteiger partial charge in [0, 0.05) is 19.0 Å². The predicted octanol–water partition coefficient (Wildman–Crippen LogP) is -7.36. The average molecular weight is 455 g/mol. The Morgan fingerprint density at radius 1 is 0.724 bits per heavy atom. The second-order valence-corrected chi connectivity index (χ2v) is 4.57. The van der Waals surface area contributed by atoms with Crippen molar-refractivity contribution in [1.29, 1.82) is 0 Å². The number of hydrogen-bond donors (Lipinski definition) is 6. The van der Waals surface area contributed by atoms with Crippen molar-refractivity contribution >= 4 is 12.8 Å². The van der Waals surface area contributed by atoms with Crippen molar-refractivity contribution in [1.82, 2.24) is 0 Å². The zero-order chi connectivity index (χ0) is 19.4. The fourth-order valence-corrected chi connectivity index (χ4v) is 0.917. The van der Waals surface area contributed by atoms with Crippen molar-refractivity contribution in [3.8, 4) is 0 Å². The molecule has 0 aliphatic heterocycles. The van der Waals surface area contributed by atoms with Gasteiger partial charge in [0.15, 0.2) is 0 Å². The minimum atomic E-state index is -0.903. The molecular formula is C17H44Na2O10. The quantitative estimate of drug-likeness (QED) is 0.151. The SMILES string of the molecule is C.C.C.CCC(C=O)(CO)CO.CCC(CO)(CO)CO.CO.O=C[O-].[Na+].[Na+].[OH-]. The van der Waals surface area contributed by atoms with Crippen molar-refractivity contribution in [3.05, 3.63) is 0 Å². The van der Waals surface area contributed by atoms with Crippen LogP contribution >= 0.6 is 0 Å². The van der Waals surface area contributed by atoms with Crippen LogP contribution in [-0.2, 0) is 9.59 Å². The van der Waals surface area contributed by atoms with Gasteiger partial charge in [0.1, 0.15) is 6.29 Å². The third kappa shape index (κ3) is 33.7. The molecule has 0 radical (unpaired) electrons. The minimum absolute atomic E-state index is 0. The number of carbonyl (C=O) groups excluding carboxylic acids is 2. The molecule has 0 aliphatic rings. The first kappa shape index (κ1) is 63.1. The first-order chi connectivity index (χ1) is 10.9. The normalized spacial score (nSPS) is 7.90. The van der Waals surface area contributed by atoms with Crippen LogP contribution in [0.2, 0.25) is 0 Å². The van der Waals surface area contributed by atoms with Gasteiger partial charge >= 0.3 is 59.1 Å². The van der Waals surface area contributed by atoms with E-state index < -0.39 is 17.3 Å². The first-order valence-corrected chi connectivity index (χ1v) is 6.91. The second-order valence-electron chi connectivity index (χ2n) is 4.57. The van der Waals surface area contributed by atoms with Crippen LogP contribution in [0, 0.1) is 10.8 Å². The van der Waals surface area contributed by atoms with Gasteiger partial charge in [-0.25, -0.2) is 0 Å². The van der Waals surface area contributed by atoms with Crippen molar-refractivity contribution in [2.45, 2.75) is 49.0 Å². The van der Waals surface area contributed by atoms with E-state index in [9.17, 15) is 4.79 Å². The molecule has 0 heterocycles. The molecule has 7 N–H and O–H groups in total. The Morgan fingerprint density at radius 3 is 0.966 bits per heavy atom. The van der Waals surface area contributed by atoms with Gasteiger partial charge < -0.3 is 50.8 Å². The van der Waals surface area contributed by atoms with Gasteiger partial charge in [-0.05, 0) is 12.8 Å². The Morgan fingerprint density at radius 2 is 0.966 bits per heavy atom. The summed E-state index contributed by atoms with van der Waals surface area (Å²) >= 11 is 0. The second kappa shape index (κ2) is 46.9. The van der Waals surface area contributed by atoms with Crippen LogP contribution in [-0.4, -0.2) is 89.0 Å². The van der Waals surface area contributed by atoms with Gasteiger partial charge in [0.2, 0.25) is 0 Å². The summed E-state index contributed by atoms with van der Waals surface area (Å²) in [6.45, 7) is 2.06. The van der Waals surface area contributed by atoms with Crippen LogP contribution in [0.3, 0.4) is 0 Å². The molecule has 0 amide bonds. The third-order valence-corrected chi connectivity index (χ3v) is 3.34. The van der Waals surface area contributed by atoms with E-state index >= 15 is 0 Å². The number of carboxylic acid groups (broad SMARTS) is 1. The smallest absolute Gasteiger partial charge is 0.870 e. The van der Waals surface area contributed by atoms with E-state index in [2.05, 4.69) is 0 Å². The number of hydrogen-bond acceptors (Lipinski definition) is 10.